The van der Waals surface area contributed by atoms with Crippen LogP contribution in [-0.4, -0.2) is 37.1 Å². The zero-order valence-corrected chi connectivity index (χ0v) is 17.8. The predicted molar refractivity (Wildman–Crippen MR) is 119 cm³/mol. The number of carbonyl (C=O) groups is 1. The Morgan fingerprint density at radius 1 is 1.03 bits per heavy atom. The van der Waals surface area contributed by atoms with Crippen LogP contribution in [0.4, 0.5) is 5.69 Å². The van der Waals surface area contributed by atoms with Gasteiger partial charge in [-0.15, -0.1) is 0 Å². The molecule has 1 aliphatic rings. The molecular formula is C25H28N2O4. The zero-order chi connectivity index (χ0) is 21.5. The maximum atomic E-state index is 12.6. The van der Waals surface area contributed by atoms with Crippen LogP contribution in [0.3, 0.4) is 0 Å². The summed E-state index contributed by atoms with van der Waals surface area (Å²) in [5.41, 5.74) is 3.17. The highest BCUT2D eigenvalue weighted by molar-refractivity contribution is 6.02. The summed E-state index contributed by atoms with van der Waals surface area (Å²) in [4.78, 5) is 14.9. The van der Waals surface area contributed by atoms with Crippen molar-refractivity contribution in [1.29, 1.82) is 0 Å². The monoisotopic (exact) mass is 420 g/mol. The summed E-state index contributed by atoms with van der Waals surface area (Å²) in [5, 5.41) is 2.92. The van der Waals surface area contributed by atoms with Gasteiger partial charge in [-0.3, -0.25) is 9.69 Å². The maximum Gasteiger partial charge on any atom is 0.291 e. The Hall–Kier alpha value is -3.09. The largest absolute Gasteiger partial charge is 0.486 e. The molecule has 0 aliphatic carbocycles. The molecule has 3 aromatic rings. The van der Waals surface area contributed by atoms with Crippen LogP contribution in [0.5, 0.6) is 5.75 Å². The minimum atomic E-state index is -0.276. The van der Waals surface area contributed by atoms with Crippen LogP contribution in [0.15, 0.2) is 65.1 Å². The minimum absolute atomic E-state index is 0.263. The Morgan fingerprint density at radius 2 is 1.84 bits per heavy atom. The van der Waals surface area contributed by atoms with Crippen LogP contribution < -0.4 is 10.1 Å². The summed E-state index contributed by atoms with van der Waals surface area (Å²) in [6.07, 6.45) is 0.993. The highest BCUT2D eigenvalue weighted by atomic mass is 16.5. The number of benzene rings is 2. The first-order chi connectivity index (χ1) is 15.2. The van der Waals surface area contributed by atoms with E-state index in [1.165, 1.54) is 5.56 Å². The third-order valence-corrected chi connectivity index (χ3v) is 5.29. The maximum absolute atomic E-state index is 12.6. The van der Waals surface area contributed by atoms with Crippen molar-refractivity contribution in [2.24, 2.45) is 0 Å². The number of amides is 1. The minimum Gasteiger partial charge on any atom is -0.486 e. The average molecular weight is 421 g/mol. The molecule has 1 N–H and O–H groups in total. The number of nitrogens with one attached hydrogen (secondary N) is 1. The first-order valence-electron chi connectivity index (χ1n) is 10.7. The average Bonchev–Trinajstić information content (AvgIpc) is 3.28. The molecule has 6 nitrogen and oxygen atoms in total. The molecule has 0 bridgehead atoms. The van der Waals surface area contributed by atoms with E-state index >= 15 is 0 Å². The number of anilines is 1. The number of hydrogen-bond acceptors (Lipinski definition) is 5. The lowest BCUT2D eigenvalue weighted by molar-refractivity contribution is 0.0342. The number of furan rings is 1. The fraction of sp³-hybridized carbons (Fsp3) is 0.320. The third kappa shape index (κ3) is 5.96. The van der Waals surface area contributed by atoms with E-state index in [-0.39, 0.29) is 18.3 Å². The lowest BCUT2D eigenvalue weighted by atomic mass is 10.2. The fourth-order valence-corrected chi connectivity index (χ4v) is 3.51. The van der Waals surface area contributed by atoms with Crippen LogP contribution in [0.25, 0.3) is 0 Å². The van der Waals surface area contributed by atoms with Gasteiger partial charge in [-0.2, -0.15) is 0 Å². The number of hydrogen-bond donors (Lipinski definition) is 1. The summed E-state index contributed by atoms with van der Waals surface area (Å²) >= 11 is 0. The van der Waals surface area contributed by atoms with Gasteiger partial charge in [-0.1, -0.05) is 31.2 Å². The highest BCUT2D eigenvalue weighted by Crippen LogP contribution is 2.18. The van der Waals surface area contributed by atoms with E-state index < -0.39 is 0 Å². The van der Waals surface area contributed by atoms with E-state index in [1.807, 2.05) is 42.5 Å². The predicted octanol–water partition coefficient (Wildman–Crippen LogP) is 4.51. The van der Waals surface area contributed by atoms with Crippen molar-refractivity contribution in [2.45, 2.75) is 26.5 Å². The fourth-order valence-electron chi connectivity index (χ4n) is 3.51. The van der Waals surface area contributed by atoms with Crippen molar-refractivity contribution >= 4 is 11.6 Å². The second-order valence-corrected chi connectivity index (χ2v) is 7.60. The number of nitrogens with zero attached hydrogens (tertiary/aromatic N) is 1. The van der Waals surface area contributed by atoms with Gasteiger partial charge in [0, 0.05) is 25.3 Å². The van der Waals surface area contributed by atoms with Gasteiger partial charge >= 0.3 is 0 Å². The van der Waals surface area contributed by atoms with Crippen LogP contribution in [-0.2, 0) is 24.3 Å². The van der Waals surface area contributed by atoms with E-state index in [0.717, 1.165) is 56.3 Å². The SMILES string of the molecule is CCc1ccc(OCc2ccc(C(=O)Nc3cccc(CN4CCOCC4)c3)o2)cc1. The smallest absolute Gasteiger partial charge is 0.291 e. The van der Waals surface area contributed by atoms with Crippen molar-refractivity contribution in [3.63, 3.8) is 0 Å². The lowest BCUT2D eigenvalue weighted by Gasteiger charge is -2.26. The summed E-state index contributed by atoms with van der Waals surface area (Å²) < 4.78 is 16.8. The molecule has 0 unspecified atom stereocenters. The van der Waals surface area contributed by atoms with E-state index in [9.17, 15) is 4.79 Å². The summed E-state index contributed by atoms with van der Waals surface area (Å²) in [6, 6.07) is 19.3. The van der Waals surface area contributed by atoms with Gasteiger partial charge in [0.15, 0.2) is 5.76 Å². The Balaban J connectivity index is 1.31. The van der Waals surface area contributed by atoms with Crippen LogP contribution >= 0.6 is 0 Å². The van der Waals surface area contributed by atoms with Gasteiger partial charge < -0.3 is 19.2 Å². The van der Waals surface area contributed by atoms with E-state index in [0.29, 0.717) is 5.76 Å². The third-order valence-electron chi connectivity index (χ3n) is 5.29. The topological polar surface area (TPSA) is 63.9 Å². The molecule has 1 fully saturated rings. The van der Waals surface area contributed by atoms with Gasteiger partial charge in [0.05, 0.1) is 13.2 Å². The molecule has 0 radical (unpaired) electrons. The van der Waals surface area contributed by atoms with Crippen molar-refractivity contribution in [1.82, 2.24) is 4.90 Å². The summed E-state index contributed by atoms with van der Waals surface area (Å²) in [6.45, 7) is 6.62. The Morgan fingerprint density at radius 3 is 2.61 bits per heavy atom. The molecule has 1 saturated heterocycles. The molecule has 0 atom stereocenters. The van der Waals surface area contributed by atoms with Gasteiger partial charge in [0.2, 0.25) is 0 Å². The van der Waals surface area contributed by atoms with Gasteiger partial charge in [0.25, 0.3) is 5.91 Å². The summed E-state index contributed by atoms with van der Waals surface area (Å²) in [7, 11) is 0. The van der Waals surface area contributed by atoms with Gasteiger partial charge in [0.1, 0.15) is 18.1 Å². The Labute approximate surface area is 182 Å². The van der Waals surface area contributed by atoms with Gasteiger partial charge in [-0.05, 0) is 53.9 Å². The van der Waals surface area contributed by atoms with Crippen LogP contribution in [0.1, 0.15) is 34.4 Å². The number of carbonyl (C=O) groups excluding carboxylic acids is 1. The molecule has 2 aromatic carbocycles. The molecule has 162 valence electrons. The second kappa shape index (κ2) is 10.3. The van der Waals surface area contributed by atoms with Crippen molar-refractivity contribution in [3.8, 4) is 5.75 Å². The van der Waals surface area contributed by atoms with E-state index in [1.54, 1.807) is 12.1 Å². The molecule has 1 aliphatic heterocycles. The second-order valence-electron chi connectivity index (χ2n) is 7.60. The van der Waals surface area contributed by atoms with E-state index in [2.05, 4.69) is 23.2 Å². The number of aryl methyl sites for hydroxylation is 1. The number of morpholine rings is 1. The standard InChI is InChI=1S/C25H28N2O4/c1-2-19-6-8-22(9-7-19)30-18-23-10-11-24(31-23)25(28)26-21-5-3-4-20(16-21)17-27-12-14-29-15-13-27/h3-11,16H,2,12-15,17-18H2,1H3,(H,26,28). The number of ether oxygens (including phenoxy) is 2. The molecule has 0 saturated carbocycles. The molecule has 4 rings (SSSR count). The molecule has 6 heteroatoms. The molecule has 0 spiro atoms. The highest BCUT2D eigenvalue weighted by Gasteiger charge is 2.14. The molecular weight excluding hydrogens is 392 g/mol. The first kappa shape index (κ1) is 21.2. The quantitative estimate of drug-likeness (QED) is 0.581. The van der Waals surface area contributed by atoms with Crippen LogP contribution in [0.2, 0.25) is 0 Å². The van der Waals surface area contributed by atoms with E-state index in [4.69, 9.17) is 13.9 Å². The zero-order valence-electron chi connectivity index (χ0n) is 17.8. The normalized spacial score (nSPS) is 14.4. The van der Waals surface area contributed by atoms with Crippen molar-refractivity contribution in [3.05, 3.63) is 83.3 Å². The first-order valence-corrected chi connectivity index (χ1v) is 10.7. The van der Waals surface area contributed by atoms with Gasteiger partial charge in [-0.25, -0.2) is 0 Å². The molecule has 1 aromatic heterocycles. The van der Waals surface area contributed by atoms with Crippen molar-refractivity contribution < 1.29 is 18.7 Å². The van der Waals surface area contributed by atoms with Crippen molar-refractivity contribution in [2.75, 3.05) is 31.6 Å². The van der Waals surface area contributed by atoms with Crippen LogP contribution in [0, 0.1) is 0 Å². The molecule has 1 amide bonds. The molecule has 31 heavy (non-hydrogen) atoms. The number of rotatable bonds is 8. The summed E-state index contributed by atoms with van der Waals surface area (Å²) in [5.74, 6) is 1.36. The Bertz CT molecular complexity index is 991. The molecule has 2 heterocycles. The Kier molecular flexibility index (Phi) is 7.02. The lowest BCUT2D eigenvalue weighted by Crippen LogP contribution is -2.35.